The molecule has 1 atom stereocenters. The van der Waals surface area contributed by atoms with Crippen LogP contribution in [0.2, 0.25) is 0 Å². The van der Waals surface area contributed by atoms with E-state index in [-0.39, 0.29) is 6.10 Å². The minimum atomic E-state index is -4.39. The molecule has 0 spiro atoms. The zero-order valence-electron chi connectivity index (χ0n) is 11.1. The van der Waals surface area contributed by atoms with Crippen molar-refractivity contribution in [1.29, 1.82) is 0 Å². The first-order valence-electron chi connectivity index (χ1n) is 6.55. The maximum atomic E-state index is 12.4. The van der Waals surface area contributed by atoms with E-state index in [1.54, 1.807) is 0 Å². The van der Waals surface area contributed by atoms with Crippen LogP contribution in [0.15, 0.2) is 18.3 Å². The van der Waals surface area contributed by atoms with Crippen LogP contribution in [-0.4, -0.2) is 42.2 Å². The first-order chi connectivity index (χ1) is 9.49. The molecular formula is C13H18F3N3O. The summed E-state index contributed by atoms with van der Waals surface area (Å²) in [5.41, 5.74) is 5.41. The van der Waals surface area contributed by atoms with E-state index in [0.29, 0.717) is 19.7 Å². The molecule has 1 fully saturated rings. The van der Waals surface area contributed by atoms with Gasteiger partial charge in [-0.05, 0) is 24.6 Å². The Morgan fingerprint density at radius 2 is 2.20 bits per heavy atom. The average Bonchev–Trinajstić information content (AvgIpc) is 2.39. The van der Waals surface area contributed by atoms with Crippen molar-refractivity contribution in [1.82, 2.24) is 9.88 Å². The molecule has 2 rings (SSSR count). The molecule has 1 aliphatic rings. The van der Waals surface area contributed by atoms with Gasteiger partial charge in [-0.15, -0.1) is 0 Å². The summed E-state index contributed by atoms with van der Waals surface area (Å²) in [7, 11) is 0. The predicted octanol–water partition coefficient (Wildman–Crippen LogP) is 1.65. The van der Waals surface area contributed by atoms with Crippen molar-refractivity contribution in [2.45, 2.75) is 25.2 Å². The third kappa shape index (κ3) is 4.16. The highest BCUT2D eigenvalue weighted by molar-refractivity contribution is 5.16. The summed E-state index contributed by atoms with van der Waals surface area (Å²) in [6.45, 7) is 3.29. The monoisotopic (exact) mass is 289 g/mol. The molecule has 4 nitrogen and oxygen atoms in total. The minimum absolute atomic E-state index is 0.108. The zero-order chi connectivity index (χ0) is 14.6. The number of aromatic nitrogens is 1. The van der Waals surface area contributed by atoms with Gasteiger partial charge >= 0.3 is 6.18 Å². The second kappa shape index (κ2) is 6.51. The lowest BCUT2D eigenvalue weighted by Gasteiger charge is -2.32. The summed E-state index contributed by atoms with van der Waals surface area (Å²) >= 11 is 0. The first kappa shape index (κ1) is 15.2. The molecule has 1 saturated heterocycles. The van der Waals surface area contributed by atoms with Gasteiger partial charge in [-0.1, -0.05) is 6.07 Å². The van der Waals surface area contributed by atoms with Crippen LogP contribution in [0.3, 0.4) is 0 Å². The van der Waals surface area contributed by atoms with Crippen molar-refractivity contribution in [3.05, 3.63) is 29.6 Å². The summed E-state index contributed by atoms with van der Waals surface area (Å²) in [6, 6.07) is 2.50. The molecular weight excluding hydrogens is 271 g/mol. The highest BCUT2D eigenvalue weighted by atomic mass is 19.4. The molecule has 7 heteroatoms. The van der Waals surface area contributed by atoms with E-state index < -0.39 is 11.9 Å². The number of nitrogens with zero attached hydrogens (tertiary/aromatic N) is 2. The lowest BCUT2D eigenvalue weighted by atomic mass is 10.1. The van der Waals surface area contributed by atoms with Gasteiger partial charge < -0.3 is 10.5 Å². The lowest BCUT2D eigenvalue weighted by Crippen LogP contribution is -2.42. The van der Waals surface area contributed by atoms with E-state index >= 15 is 0 Å². The predicted molar refractivity (Wildman–Crippen MR) is 67.9 cm³/mol. The molecule has 1 aromatic heterocycles. The molecule has 0 aromatic carbocycles. The Morgan fingerprint density at radius 1 is 1.40 bits per heavy atom. The molecule has 0 saturated carbocycles. The van der Waals surface area contributed by atoms with E-state index in [2.05, 4.69) is 9.88 Å². The van der Waals surface area contributed by atoms with E-state index in [1.165, 1.54) is 12.3 Å². The summed E-state index contributed by atoms with van der Waals surface area (Å²) in [4.78, 5) is 5.61. The number of halogens is 3. The average molecular weight is 289 g/mol. The van der Waals surface area contributed by atoms with Crippen molar-refractivity contribution in [2.24, 2.45) is 5.73 Å². The number of pyridine rings is 1. The summed E-state index contributed by atoms with van der Waals surface area (Å²) < 4.78 is 42.8. The van der Waals surface area contributed by atoms with Crippen LogP contribution < -0.4 is 5.73 Å². The van der Waals surface area contributed by atoms with Crippen molar-refractivity contribution in [3.63, 3.8) is 0 Å². The first-order valence-corrected chi connectivity index (χ1v) is 6.55. The highest BCUT2D eigenvalue weighted by Crippen LogP contribution is 2.27. The number of morpholine rings is 1. The second-order valence-corrected chi connectivity index (χ2v) is 4.85. The van der Waals surface area contributed by atoms with Crippen molar-refractivity contribution in [3.8, 4) is 0 Å². The number of alkyl halides is 3. The van der Waals surface area contributed by atoms with Gasteiger partial charge in [0, 0.05) is 25.8 Å². The molecule has 0 aliphatic carbocycles. The van der Waals surface area contributed by atoms with Crippen molar-refractivity contribution < 1.29 is 17.9 Å². The molecule has 2 N–H and O–H groups in total. The number of hydrogen-bond donors (Lipinski definition) is 1. The molecule has 0 radical (unpaired) electrons. The van der Waals surface area contributed by atoms with Gasteiger partial charge in [-0.2, -0.15) is 13.2 Å². The van der Waals surface area contributed by atoms with E-state index in [1.807, 2.05) is 0 Å². The summed E-state index contributed by atoms with van der Waals surface area (Å²) in [6.07, 6.45) is -2.20. The molecule has 112 valence electrons. The maximum Gasteiger partial charge on any atom is 0.433 e. The van der Waals surface area contributed by atoms with Gasteiger partial charge in [0.15, 0.2) is 0 Å². The Kier molecular flexibility index (Phi) is 4.95. The standard InChI is InChI=1S/C13H18F3N3O/c14-13(15,16)12-2-1-10(7-18-12)8-19-5-6-20-11(9-19)3-4-17/h1-2,7,11H,3-6,8-9,17H2. The van der Waals surface area contributed by atoms with E-state index in [9.17, 15) is 13.2 Å². The molecule has 0 amide bonds. The Labute approximate surface area is 115 Å². The third-order valence-corrected chi connectivity index (χ3v) is 3.23. The topological polar surface area (TPSA) is 51.4 Å². The molecule has 2 heterocycles. The minimum Gasteiger partial charge on any atom is -0.376 e. The number of ether oxygens (including phenoxy) is 1. The summed E-state index contributed by atoms with van der Waals surface area (Å²) in [5, 5.41) is 0. The third-order valence-electron chi connectivity index (χ3n) is 3.23. The normalized spacial score (nSPS) is 21.1. The fourth-order valence-electron chi connectivity index (χ4n) is 2.23. The lowest BCUT2D eigenvalue weighted by molar-refractivity contribution is -0.141. The fourth-order valence-corrected chi connectivity index (χ4v) is 2.23. The Bertz CT molecular complexity index is 420. The van der Waals surface area contributed by atoms with Gasteiger partial charge in [-0.3, -0.25) is 9.88 Å². The maximum absolute atomic E-state index is 12.4. The number of rotatable bonds is 4. The van der Waals surface area contributed by atoms with Crippen LogP contribution in [0.4, 0.5) is 13.2 Å². The largest absolute Gasteiger partial charge is 0.433 e. The van der Waals surface area contributed by atoms with Crippen LogP contribution in [0.25, 0.3) is 0 Å². The molecule has 20 heavy (non-hydrogen) atoms. The van der Waals surface area contributed by atoms with Crippen molar-refractivity contribution in [2.75, 3.05) is 26.2 Å². The van der Waals surface area contributed by atoms with Crippen molar-refractivity contribution >= 4 is 0 Å². The smallest absolute Gasteiger partial charge is 0.376 e. The van der Waals surface area contributed by atoms with Gasteiger partial charge in [0.25, 0.3) is 0 Å². The molecule has 1 aliphatic heterocycles. The van der Waals surface area contributed by atoms with Crippen LogP contribution in [-0.2, 0) is 17.5 Å². The van der Waals surface area contributed by atoms with Crippen LogP contribution in [0.1, 0.15) is 17.7 Å². The number of nitrogens with two attached hydrogens (primary N) is 1. The zero-order valence-corrected chi connectivity index (χ0v) is 11.1. The van der Waals surface area contributed by atoms with E-state index in [0.717, 1.165) is 31.1 Å². The number of hydrogen-bond acceptors (Lipinski definition) is 4. The second-order valence-electron chi connectivity index (χ2n) is 4.85. The van der Waals surface area contributed by atoms with Gasteiger partial charge in [0.1, 0.15) is 5.69 Å². The van der Waals surface area contributed by atoms with Crippen LogP contribution in [0.5, 0.6) is 0 Å². The van der Waals surface area contributed by atoms with Gasteiger partial charge in [-0.25, -0.2) is 0 Å². The molecule has 1 aromatic rings. The highest BCUT2D eigenvalue weighted by Gasteiger charge is 2.32. The Hall–Kier alpha value is -1.18. The fraction of sp³-hybridized carbons (Fsp3) is 0.615. The van der Waals surface area contributed by atoms with Gasteiger partial charge in [0.05, 0.1) is 12.7 Å². The Balaban J connectivity index is 1.93. The Morgan fingerprint density at radius 3 is 2.80 bits per heavy atom. The SMILES string of the molecule is NCCC1CN(Cc2ccc(C(F)(F)F)nc2)CCO1. The van der Waals surface area contributed by atoms with Crippen LogP contribution >= 0.6 is 0 Å². The van der Waals surface area contributed by atoms with E-state index in [4.69, 9.17) is 10.5 Å². The van der Waals surface area contributed by atoms with Crippen LogP contribution in [0, 0.1) is 0 Å². The molecule has 1 unspecified atom stereocenters. The quantitative estimate of drug-likeness (QED) is 0.915. The van der Waals surface area contributed by atoms with Gasteiger partial charge in [0.2, 0.25) is 0 Å². The summed E-state index contributed by atoms with van der Waals surface area (Å²) in [5.74, 6) is 0. The molecule has 0 bridgehead atoms.